The van der Waals surface area contributed by atoms with Gasteiger partial charge >= 0.3 is 12.0 Å². The maximum atomic E-state index is 11.2. The molecule has 1 aromatic heterocycles. The van der Waals surface area contributed by atoms with Crippen molar-refractivity contribution < 1.29 is 14.3 Å². The minimum absolute atomic E-state index is 0.190. The fraction of sp³-hybridized carbons (Fsp3) is 0.500. The number of hydrogen-bond acceptors (Lipinski definition) is 5. The smallest absolute Gasteiger partial charge is 0.347 e. The first kappa shape index (κ1) is 11.4. The van der Waals surface area contributed by atoms with Gasteiger partial charge in [0.2, 0.25) is 0 Å². The van der Waals surface area contributed by atoms with Crippen LogP contribution in [0.5, 0.6) is 6.01 Å². The molecule has 0 bridgehead atoms. The maximum absolute atomic E-state index is 11.2. The molecule has 0 N–H and O–H groups in total. The van der Waals surface area contributed by atoms with Crippen molar-refractivity contribution in [3.05, 3.63) is 18.0 Å². The molecule has 1 rings (SSSR count). The van der Waals surface area contributed by atoms with E-state index < -0.39 is 12.1 Å². The van der Waals surface area contributed by atoms with Gasteiger partial charge in [0.1, 0.15) is 0 Å². The van der Waals surface area contributed by atoms with E-state index in [-0.39, 0.29) is 6.01 Å². The summed E-state index contributed by atoms with van der Waals surface area (Å²) in [7, 11) is 0. The third kappa shape index (κ3) is 3.53. The zero-order chi connectivity index (χ0) is 11.3. The van der Waals surface area contributed by atoms with Crippen LogP contribution in [0.25, 0.3) is 0 Å². The Morgan fingerprint density at radius 2 is 2.33 bits per heavy atom. The molecule has 1 heterocycles. The molecule has 0 spiro atoms. The van der Waals surface area contributed by atoms with Crippen LogP contribution in [0.4, 0.5) is 0 Å². The molecule has 0 aliphatic carbocycles. The van der Waals surface area contributed by atoms with Gasteiger partial charge in [-0.25, -0.2) is 14.8 Å². The molecule has 1 atom stereocenters. The fourth-order valence-electron chi connectivity index (χ4n) is 0.949. The lowest BCUT2D eigenvalue weighted by atomic mass is 10.4. The first-order chi connectivity index (χ1) is 7.13. The van der Waals surface area contributed by atoms with E-state index >= 15 is 0 Å². The molecule has 82 valence electrons. The molecule has 1 aromatic rings. The third-order valence-corrected chi connectivity index (χ3v) is 1.67. The number of carbonyl (C=O) groups excluding carboxylic acids is 1. The van der Waals surface area contributed by atoms with Gasteiger partial charge in [-0.2, -0.15) is 0 Å². The predicted octanol–water partition coefficient (Wildman–Crippen LogP) is 1.12. The Morgan fingerprint density at radius 3 is 2.93 bits per heavy atom. The monoisotopic (exact) mass is 210 g/mol. The number of esters is 1. The van der Waals surface area contributed by atoms with E-state index in [0.717, 1.165) is 5.69 Å². The molecule has 0 saturated heterocycles. The average Bonchev–Trinajstić information content (AvgIpc) is 2.18. The molecule has 0 radical (unpaired) electrons. The van der Waals surface area contributed by atoms with Crippen LogP contribution in [0.1, 0.15) is 19.5 Å². The van der Waals surface area contributed by atoms with Crippen LogP contribution in [0, 0.1) is 6.92 Å². The highest BCUT2D eigenvalue weighted by molar-refractivity contribution is 5.74. The van der Waals surface area contributed by atoms with Crippen LogP contribution < -0.4 is 4.74 Å². The predicted molar refractivity (Wildman–Crippen MR) is 53.5 cm³/mol. The molecular weight excluding hydrogens is 196 g/mol. The average molecular weight is 210 g/mol. The van der Waals surface area contributed by atoms with E-state index in [2.05, 4.69) is 9.97 Å². The van der Waals surface area contributed by atoms with E-state index in [0.29, 0.717) is 6.61 Å². The quantitative estimate of drug-likeness (QED) is 0.697. The molecule has 0 amide bonds. The highest BCUT2D eigenvalue weighted by Gasteiger charge is 2.16. The lowest BCUT2D eigenvalue weighted by molar-refractivity contribution is -0.150. The summed E-state index contributed by atoms with van der Waals surface area (Å²) in [4.78, 5) is 19.1. The van der Waals surface area contributed by atoms with E-state index in [4.69, 9.17) is 9.47 Å². The summed E-state index contributed by atoms with van der Waals surface area (Å²) in [6, 6.07) is 1.94. The van der Waals surface area contributed by atoms with Crippen molar-refractivity contribution in [1.29, 1.82) is 0 Å². The molecule has 0 saturated carbocycles. The second-order valence-electron chi connectivity index (χ2n) is 2.99. The molecule has 0 aliphatic heterocycles. The van der Waals surface area contributed by atoms with E-state index in [9.17, 15) is 4.79 Å². The summed E-state index contributed by atoms with van der Waals surface area (Å²) >= 11 is 0. The number of rotatable bonds is 4. The summed E-state index contributed by atoms with van der Waals surface area (Å²) in [5, 5.41) is 0. The molecule has 0 aliphatic rings. The van der Waals surface area contributed by atoms with Gasteiger partial charge in [0.15, 0.2) is 6.10 Å². The van der Waals surface area contributed by atoms with Crippen LogP contribution in [-0.2, 0) is 9.53 Å². The highest BCUT2D eigenvalue weighted by atomic mass is 16.6. The fourth-order valence-corrected chi connectivity index (χ4v) is 0.949. The standard InChI is InChI=1S/C10H14N2O3/c1-4-14-9(13)8(3)15-10-11-6-5-7(2)12-10/h5-6,8H,4H2,1-3H3. The van der Waals surface area contributed by atoms with Crippen molar-refractivity contribution >= 4 is 5.97 Å². The Balaban J connectivity index is 2.58. The first-order valence-corrected chi connectivity index (χ1v) is 4.76. The van der Waals surface area contributed by atoms with Crippen molar-refractivity contribution in [2.45, 2.75) is 26.9 Å². The van der Waals surface area contributed by atoms with Gasteiger partial charge in [0.05, 0.1) is 6.61 Å². The topological polar surface area (TPSA) is 61.3 Å². The molecule has 0 fully saturated rings. The number of aryl methyl sites for hydroxylation is 1. The third-order valence-electron chi connectivity index (χ3n) is 1.67. The summed E-state index contributed by atoms with van der Waals surface area (Å²) in [5.41, 5.74) is 0.788. The Labute approximate surface area is 88.4 Å². The van der Waals surface area contributed by atoms with Gasteiger partial charge in [-0.15, -0.1) is 0 Å². The summed E-state index contributed by atoms with van der Waals surface area (Å²) in [5.74, 6) is -0.414. The number of nitrogens with zero attached hydrogens (tertiary/aromatic N) is 2. The summed E-state index contributed by atoms with van der Waals surface area (Å²) in [6.45, 7) is 5.50. The van der Waals surface area contributed by atoms with Crippen LogP contribution in [0.15, 0.2) is 12.3 Å². The van der Waals surface area contributed by atoms with Gasteiger partial charge in [-0.05, 0) is 26.8 Å². The highest BCUT2D eigenvalue weighted by Crippen LogP contribution is 2.05. The van der Waals surface area contributed by atoms with Crippen molar-refractivity contribution in [1.82, 2.24) is 9.97 Å². The van der Waals surface area contributed by atoms with Crippen molar-refractivity contribution in [2.75, 3.05) is 6.61 Å². The minimum atomic E-state index is -0.688. The van der Waals surface area contributed by atoms with Crippen LogP contribution in [-0.4, -0.2) is 28.6 Å². The number of aromatic nitrogens is 2. The largest absolute Gasteiger partial charge is 0.463 e. The number of carbonyl (C=O) groups is 1. The number of hydrogen-bond donors (Lipinski definition) is 0. The van der Waals surface area contributed by atoms with Gasteiger partial charge < -0.3 is 9.47 Å². The van der Waals surface area contributed by atoms with Crippen molar-refractivity contribution in [3.8, 4) is 6.01 Å². The maximum Gasteiger partial charge on any atom is 0.347 e. The molecular formula is C10H14N2O3. The summed E-state index contributed by atoms with van der Waals surface area (Å²) in [6.07, 6.45) is 0.891. The zero-order valence-corrected chi connectivity index (χ0v) is 9.06. The van der Waals surface area contributed by atoms with Gasteiger partial charge in [-0.1, -0.05) is 0 Å². The number of ether oxygens (including phenoxy) is 2. The molecule has 5 heteroatoms. The van der Waals surface area contributed by atoms with Gasteiger partial charge in [-0.3, -0.25) is 0 Å². The Morgan fingerprint density at radius 1 is 1.60 bits per heavy atom. The van der Waals surface area contributed by atoms with Crippen LogP contribution in [0.3, 0.4) is 0 Å². The van der Waals surface area contributed by atoms with Crippen molar-refractivity contribution in [3.63, 3.8) is 0 Å². The Bertz CT molecular complexity index is 341. The van der Waals surface area contributed by atoms with Crippen LogP contribution in [0.2, 0.25) is 0 Å². The van der Waals surface area contributed by atoms with Gasteiger partial charge in [0.25, 0.3) is 0 Å². The SMILES string of the molecule is CCOC(=O)C(C)Oc1nccc(C)n1. The molecule has 1 unspecified atom stereocenters. The second kappa shape index (κ2) is 5.29. The molecule has 5 nitrogen and oxygen atoms in total. The van der Waals surface area contributed by atoms with E-state index in [1.165, 1.54) is 0 Å². The zero-order valence-electron chi connectivity index (χ0n) is 9.06. The lowest BCUT2D eigenvalue weighted by Gasteiger charge is -2.11. The van der Waals surface area contributed by atoms with E-state index in [1.807, 2.05) is 6.92 Å². The Kier molecular flexibility index (Phi) is 4.03. The first-order valence-electron chi connectivity index (χ1n) is 4.76. The van der Waals surface area contributed by atoms with Crippen molar-refractivity contribution in [2.24, 2.45) is 0 Å². The Hall–Kier alpha value is -1.65. The summed E-state index contributed by atoms with van der Waals surface area (Å²) < 4.78 is 10.00. The minimum Gasteiger partial charge on any atom is -0.463 e. The normalized spacial score (nSPS) is 11.9. The molecule has 15 heavy (non-hydrogen) atoms. The molecule has 0 aromatic carbocycles. The second-order valence-corrected chi connectivity index (χ2v) is 2.99. The lowest BCUT2D eigenvalue weighted by Crippen LogP contribution is -2.26. The van der Waals surface area contributed by atoms with Gasteiger partial charge in [0, 0.05) is 11.9 Å². The van der Waals surface area contributed by atoms with Crippen LogP contribution >= 0.6 is 0 Å². The van der Waals surface area contributed by atoms with E-state index in [1.54, 1.807) is 26.1 Å².